The highest BCUT2D eigenvalue weighted by Gasteiger charge is 2.17. The summed E-state index contributed by atoms with van der Waals surface area (Å²) < 4.78 is 0. The van der Waals surface area contributed by atoms with Gasteiger partial charge >= 0.3 is 0 Å². The molecule has 0 aliphatic rings. The van der Waals surface area contributed by atoms with E-state index in [9.17, 15) is 4.79 Å². The van der Waals surface area contributed by atoms with E-state index in [-0.39, 0.29) is 11.0 Å². The molecule has 4 nitrogen and oxygen atoms in total. The van der Waals surface area contributed by atoms with Crippen LogP contribution in [-0.2, 0) is 6.42 Å². The second kappa shape index (κ2) is 6.89. The van der Waals surface area contributed by atoms with E-state index in [2.05, 4.69) is 12.3 Å². The first-order valence-corrected chi connectivity index (χ1v) is 8.26. The number of thiophene rings is 1. The molecule has 2 rings (SSSR count). The second-order valence-electron chi connectivity index (χ2n) is 5.06. The van der Waals surface area contributed by atoms with Crippen molar-refractivity contribution in [3.05, 3.63) is 51.2 Å². The maximum Gasteiger partial charge on any atom is 0.271 e. The number of carbonyl (C=O) groups excluding carboxylic acids is 1. The molecule has 1 aromatic carbocycles. The van der Waals surface area contributed by atoms with E-state index in [0.717, 1.165) is 23.2 Å². The van der Waals surface area contributed by atoms with Crippen LogP contribution in [0.4, 0.5) is 5.69 Å². The van der Waals surface area contributed by atoms with Crippen LogP contribution in [0.15, 0.2) is 29.6 Å². The number of hydrazine groups is 1. The van der Waals surface area contributed by atoms with Gasteiger partial charge in [-0.2, -0.15) is 0 Å². The molecule has 116 valence electrons. The summed E-state index contributed by atoms with van der Waals surface area (Å²) in [6, 6.07) is 7.81. The number of aryl methyl sites for hydroxylation is 3. The molecule has 0 bridgehead atoms. The molecule has 3 N–H and O–H groups in total. The minimum Gasteiger partial charge on any atom is -0.374 e. The van der Waals surface area contributed by atoms with Gasteiger partial charge in [-0.15, -0.1) is 11.3 Å². The van der Waals surface area contributed by atoms with Crippen LogP contribution in [0, 0.1) is 13.8 Å². The van der Waals surface area contributed by atoms with Crippen LogP contribution in [0.2, 0.25) is 0 Å². The van der Waals surface area contributed by atoms with Crippen molar-refractivity contribution in [3.63, 3.8) is 0 Å². The van der Waals surface area contributed by atoms with Crippen molar-refractivity contribution in [1.29, 1.82) is 0 Å². The molecule has 0 spiro atoms. The van der Waals surface area contributed by atoms with Gasteiger partial charge in [0.2, 0.25) is 0 Å². The summed E-state index contributed by atoms with van der Waals surface area (Å²) in [6.07, 6.45) is 0.911. The van der Waals surface area contributed by atoms with E-state index in [1.165, 1.54) is 9.89 Å². The van der Waals surface area contributed by atoms with Crippen molar-refractivity contribution in [2.24, 2.45) is 5.73 Å². The van der Waals surface area contributed by atoms with Crippen LogP contribution in [0.25, 0.3) is 0 Å². The fourth-order valence-corrected chi connectivity index (χ4v) is 3.00. The zero-order valence-corrected chi connectivity index (χ0v) is 14.5. The Balaban J connectivity index is 2.27. The third-order valence-corrected chi connectivity index (χ3v) is 4.57. The lowest BCUT2D eigenvalue weighted by molar-refractivity contribution is 0.0955. The van der Waals surface area contributed by atoms with Gasteiger partial charge in [0, 0.05) is 10.3 Å². The van der Waals surface area contributed by atoms with Gasteiger partial charge in [0.05, 0.1) is 11.3 Å². The third-order valence-electron chi connectivity index (χ3n) is 3.30. The number of amides is 1. The molecule has 2 aromatic rings. The Hall–Kier alpha value is -1.92. The van der Waals surface area contributed by atoms with Crippen LogP contribution in [0.1, 0.15) is 33.3 Å². The van der Waals surface area contributed by atoms with Gasteiger partial charge in [-0.3, -0.25) is 10.2 Å². The number of benzene rings is 1. The van der Waals surface area contributed by atoms with Gasteiger partial charge in [-0.25, -0.2) is 5.01 Å². The largest absolute Gasteiger partial charge is 0.374 e. The SMILES string of the molecule is CCc1cc(C(=O)NN(C(N)=S)c2cc(C)ccc2C)cs1. The van der Waals surface area contributed by atoms with Crippen molar-refractivity contribution < 1.29 is 4.79 Å². The Labute approximate surface area is 139 Å². The number of thiocarbonyl (C=S) groups is 1. The van der Waals surface area contributed by atoms with Crippen LogP contribution < -0.4 is 16.2 Å². The van der Waals surface area contributed by atoms with E-state index in [1.807, 2.05) is 43.5 Å². The van der Waals surface area contributed by atoms with Gasteiger partial charge in [0.15, 0.2) is 5.11 Å². The van der Waals surface area contributed by atoms with Crippen LogP contribution >= 0.6 is 23.6 Å². The Morgan fingerprint density at radius 3 is 2.68 bits per heavy atom. The van der Waals surface area contributed by atoms with E-state index in [4.69, 9.17) is 18.0 Å². The zero-order chi connectivity index (χ0) is 16.3. The fraction of sp³-hybridized carbons (Fsp3) is 0.250. The average molecular weight is 333 g/mol. The number of nitrogens with zero attached hydrogens (tertiary/aromatic N) is 1. The number of rotatable bonds is 3. The normalized spacial score (nSPS) is 10.3. The Morgan fingerprint density at radius 2 is 2.09 bits per heavy atom. The number of nitrogens with one attached hydrogen (secondary N) is 1. The number of nitrogens with two attached hydrogens (primary N) is 1. The molecular weight excluding hydrogens is 314 g/mol. The molecule has 0 radical (unpaired) electrons. The summed E-state index contributed by atoms with van der Waals surface area (Å²) in [4.78, 5) is 13.6. The molecule has 1 aromatic heterocycles. The first-order chi connectivity index (χ1) is 10.4. The zero-order valence-electron chi connectivity index (χ0n) is 12.8. The molecule has 22 heavy (non-hydrogen) atoms. The summed E-state index contributed by atoms with van der Waals surface area (Å²) in [5.41, 5.74) is 12.0. The summed E-state index contributed by atoms with van der Waals surface area (Å²) >= 11 is 6.66. The van der Waals surface area contributed by atoms with E-state index in [1.54, 1.807) is 11.3 Å². The molecule has 0 saturated carbocycles. The van der Waals surface area contributed by atoms with Crippen LogP contribution in [0.5, 0.6) is 0 Å². The molecule has 0 fully saturated rings. The molecule has 0 saturated heterocycles. The van der Waals surface area contributed by atoms with Gasteiger partial charge in [0.25, 0.3) is 5.91 Å². The van der Waals surface area contributed by atoms with Gasteiger partial charge < -0.3 is 5.73 Å². The molecule has 1 amide bonds. The highest BCUT2D eigenvalue weighted by Crippen LogP contribution is 2.21. The highest BCUT2D eigenvalue weighted by molar-refractivity contribution is 7.80. The van der Waals surface area contributed by atoms with Crippen molar-refractivity contribution in [2.45, 2.75) is 27.2 Å². The van der Waals surface area contributed by atoms with E-state index < -0.39 is 0 Å². The summed E-state index contributed by atoms with van der Waals surface area (Å²) in [7, 11) is 0. The molecule has 0 aliphatic heterocycles. The Bertz CT molecular complexity index is 709. The molecule has 6 heteroatoms. The van der Waals surface area contributed by atoms with Crippen molar-refractivity contribution >= 4 is 40.3 Å². The molecular formula is C16H19N3OS2. The monoisotopic (exact) mass is 333 g/mol. The lowest BCUT2D eigenvalue weighted by Gasteiger charge is -2.25. The van der Waals surface area contributed by atoms with E-state index in [0.29, 0.717) is 5.56 Å². The third kappa shape index (κ3) is 3.64. The number of hydrogen-bond acceptors (Lipinski definition) is 3. The number of hydrogen-bond donors (Lipinski definition) is 2. The molecule has 0 atom stereocenters. The maximum atomic E-state index is 12.4. The topological polar surface area (TPSA) is 58.4 Å². The smallest absolute Gasteiger partial charge is 0.271 e. The minimum absolute atomic E-state index is 0.105. The van der Waals surface area contributed by atoms with Gasteiger partial charge in [0.1, 0.15) is 0 Å². The van der Waals surface area contributed by atoms with Crippen molar-refractivity contribution in [1.82, 2.24) is 5.43 Å². The Morgan fingerprint density at radius 1 is 1.36 bits per heavy atom. The Kier molecular flexibility index (Phi) is 5.15. The summed E-state index contributed by atoms with van der Waals surface area (Å²) in [5.74, 6) is -0.218. The molecule has 0 aliphatic carbocycles. The van der Waals surface area contributed by atoms with E-state index >= 15 is 0 Å². The second-order valence-corrected chi connectivity index (χ2v) is 6.47. The summed E-state index contributed by atoms with van der Waals surface area (Å²) in [5, 5.41) is 3.41. The van der Waals surface area contributed by atoms with Crippen molar-refractivity contribution in [2.75, 3.05) is 5.01 Å². The van der Waals surface area contributed by atoms with Crippen LogP contribution in [0.3, 0.4) is 0 Å². The number of carbonyl (C=O) groups is 1. The maximum absolute atomic E-state index is 12.4. The average Bonchev–Trinajstić information content (AvgIpc) is 2.96. The van der Waals surface area contributed by atoms with Gasteiger partial charge in [-0.1, -0.05) is 19.1 Å². The standard InChI is InChI=1S/C16H19N3OS2/c1-4-13-8-12(9-22-13)15(20)18-19(16(17)21)14-7-10(2)5-6-11(14)3/h5-9H,4H2,1-3H3,(H2,17,21)(H,18,20). The predicted octanol–water partition coefficient (Wildman–Crippen LogP) is 3.32. The quantitative estimate of drug-likeness (QED) is 0.668. The fourth-order valence-electron chi connectivity index (χ4n) is 2.05. The molecule has 1 heterocycles. The first kappa shape index (κ1) is 16.5. The predicted molar refractivity (Wildman–Crippen MR) is 96.3 cm³/mol. The van der Waals surface area contributed by atoms with Gasteiger partial charge in [-0.05, 0) is 55.7 Å². The molecule has 0 unspecified atom stereocenters. The lowest BCUT2D eigenvalue weighted by Crippen LogP contribution is -2.49. The minimum atomic E-state index is -0.218. The first-order valence-electron chi connectivity index (χ1n) is 6.97. The summed E-state index contributed by atoms with van der Waals surface area (Å²) in [6.45, 7) is 5.99. The number of anilines is 1. The van der Waals surface area contributed by atoms with Crippen LogP contribution in [-0.4, -0.2) is 11.0 Å². The lowest BCUT2D eigenvalue weighted by atomic mass is 10.1. The highest BCUT2D eigenvalue weighted by atomic mass is 32.1. The van der Waals surface area contributed by atoms with Crippen molar-refractivity contribution in [3.8, 4) is 0 Å².